The van der Waals surface area contributed by atoms with Crippen molar-refractivity contribution in [3.8, 4) is 0 Å². The van der Waals surface area contributed by atoms with Gasteiger partial charge in [-0.1, -0.05) is 19.1 Å². The lowest BCUT2D eigenvalue weighted by molar-refractivity contribution is -0.385. The van der Waals surface area contributed by atoms with Crippen LogP contribution in [0.1, 0.15) is 35.9 Å². The highest BCUT2D eigenvalue weighted by atomic mass is 32.2. The van der Waals surface area contributed by atoms with Crippen molar-refractivity contribution < 1.29 is 22.9 Å². The minimum Gasteiger partial charge on any atom is -0.454 e. The second kappa shape index (κ2) is 8.07. The normalized spacial score (nSPS) is 12.4. The van der Waals surface area contributed by atoms with Gasteiger partial charge >= 0.3 is 5.97 Å². The molecule has 0 aliphatic carbocycles. The van der Waals surface area contributed by atoms with Gasteiger partial charge in [0.25, 0.3) is 5.69 Å². The number of nitro benzene ring substituents is 1. The molecule has 0 spiro atoms. The van der Waals surface area contributed by atoms with E-state index in [1.54, 1.807) is 19.9 Å². The van der Waals surface area contributed by atoms with Gasteiger partial charge in [-0.05, 0) is 36.8 Å². The average molecular weight is 378 g/mol. The lowest BCUT2D eigenvalue weighted by Crippen LogP contribution is -2.23. The van der Waals surface area contributed by atoms with E-state index in [0.717, 1.165) is 0 Å². The Morgan fingerprint density at radius 3 is 2.46 bits per heavy atom. The van der Waals surface area contributed by atoms with E-state index >= 15 is 0 Å². The molecule has 26 heavy (non-hydrogen) atoms. The van der Waals surface area contributed by atoms with Crippen LogP contribution in [-0.2, 0) is 14.8 Å². The summed E-state index contributed by atoms with van der Waals surface area (Å²) in [6, 6.07) is 11.2. The van der Waals surface area contributed by atoms with Crippen molar-refractivity contribution in [2.24, 2.45) is 0 Å². The second-order valence-electron chi connectivity index (χ2n) is 5.43. The van der Waals surface area contributed by atoms with Crippen LogP contribution in [0, 0.1) is 10.1 Å². The molecule has 0 bridgehead atoms. The molecule has 0 aromatic heterocycles. The summed E-state index contributed by atoms with van der Waals surface area (Å²) in [5.74, 6) is -0.656. The number of carbonyl (C=O) groups is 1. The van der Waals surface area contributed by atoms with Crippen LogP contribution in [0.15, 0.2) is 53.4 Å². The number of esters is 1. The zero-order valence-electron chi connectivity index (χ0n) is 14.2. The minimum atomic E-state index is -3.60. The number of ether oxygens (including phenoxy) is 1. The Morgan fingerprint density at radius 1 is 1.23 bits per heavy atom. The summed E-state index contributed by atoms with van der Waals surface area (Å²) in [4.78, 5) is 22.6. The first-order valence-corrected chi connectivity index (χ1v) is 9.28. The molecule has 9 heteroatoms. The Morgan fingerprint density at radius 2 is 1.88 bits per heavy atom. The van der Waals surface area contributed by atoms with E-state index in [1.165, 1.54) is 42.5 Å². The largest absolute Gasteiger partial charge is 0.454 e. The van der Waals surface area contributed by atoms with Crippen molar-refractivity contribution in [3.05, 3.63) is 69.8 Å². The Balaban J connectivity index is 2.12. The predicted octanol–water partition coefficient (Wildman–Crippen LogP) is 2.81. The molecular weight excluding hydrogens is 360 g/mol. The number of hydrogen-bond donors (Lipinski definition) is 1. The summed E-state index contributed by atoms with van der Waals surface area (Å²) in [6.45, 7) is 3.52. The molecular formula is C17H18N2O6S. The third kappa shape index (κ3) is 4.64. The first-order chi connectivity index (χ1) is 12.2. The van der Waals surface area contributed by atoms with E-state index in [4.69, 9.17) is 4.74 Å². The fraction of sp³-hybridized carbons (Fsp3) is 0.235. The average Bonchev–Trinajstić information content (AvgIpc) is 2.61. The molecule has 138 valence electrons. The Hall–Kier alpha value is -2.78. The molecule has 0 saturated heterocycles. The van der Waals surface area contributed by atoms with Crippen LogP contribution < -0.4 is 4.72 Å². The van der Waals surface area contributed by atoms with Gasteiger partial charge in [0.05, 0.1) is 15.4 Å². The molecule has 2 aromatic rings. The number of nitro groups is 1. The summed E-state index contributed by atoms with van der Waals surface area (Å²) >= 11 is 0. The predicted molar refractivity (Wildman–Crippen MR) is 94.2 cm³/mol. The highest BCUT2D eigenvalue weighted by Crippen LogP contribution is 2.23. The topological polar surface area (TPSA) is 116 Å². The summed E-state index contributed by atoms with van der Waals surface area (Å²) in [7, 11) is -3.60. The van der Waals surface area contributed by atoms with E-state index in [9.17, 15) is 23.3 Å². The molecule has 0 saturated carbocycles. The maximum absolute atomic E-state index is 12.2. The fourth-order valence-corrected chi connectivity index (χ4v) is 3.27. The monoisotopic (exact) mass is 378 g/mol. The van der Waals surface area contributed by atoms with Gasteiger partial charge in [-0.2, -0.15) is 0 Å². The minimum absolute atomic E-state index is 0.0441. The zero-order valence-corrected chi connectivity index (χ0v) is 15.0. The molecule has 0 heterocycles. The number of nitrogens with zero attached hydrogens (tertiary/aromatic N) is 1. The van der Waals surface area contributed by atoms with Crippen molar-refractivity contribution in [1.29, 1.82) is 0 Å². The van der Waals surface area contributed by atoms with Crippen LogP contribution in [-0.4, -0.2) is 25.9 Å². The van der Waals surface area contributed by atoms with Crippen molar-refractivity contribution in [2.75, 3.05) is 6.54 Å². The Labute approximate surface area is 151 Å². The molecule has 0 aliphatic rings. The van der Waals surface area contributed by atoms with Gasteiger partial charge in [-0.15, -0.1) is 0 Å². The van der Waals surface area contributed by atoms with E-state index in [1.807, 2.05) is 0 Å². The zero-order chi connectivity index (χ0) is 19.3. The SMILES string of the molecule is CCNS(=O)(=O)c1ccc(C(=O)OC(C)c2cccc([N+](=O)[O-])c2)cc1. The number of carbonyl (C=O) groups excluding carboxylic acids is 1. The highest BCUT2D eigenvalue weighted by Gasteiger charge is 2.18. The molecule has 0 amide bonds. The van der Waals surface area contributed by atoms with Crippen molar-refractivity contribution in [2.45, 2.75) is 24.8 Å². The number of nitrogens with one attached hydrogen (secondary N) is 1. The molecule has 2 rings (SSSR count). The van der Waals surface area contributed by atoms with Crippen LogP contribution in [0.4, 0.5) is 5.69 Å². The quantitative estimate of drug-likeness (QED) is 0.450. The first kappa shape index (κ1) is 19.5. The van der Waals surface area contributed by atoms with Crippen LogP contribution in [0.2, 0.25) is 0 Å². The number of hydrogen-bond acceptors (Lipinski definition) is 6. The number of non-ortho nitro benzene ring substituents is 1. The third-order valence-corrected chi connectivity index (χ3v) is 5.13. The van der Waals surface area contributed by atoms with Gasteiger partial charge in [0.2, 0.25) is 10.0 Å². The standard InChI is InChI=1S/C17H18N2O6S/c1-3-18-26(23,24)16-9-7-13(8-10-16)17(20)25-12(2)14-5-4-6-15(11-14)19(21)22/h4-12,18H,3H2,1-2H3. The van der Waals surface area contributed by atoms with Gasteiger partial charge in [-0.3, -0.25) is 10.1 Å². The highest BCUT2D eigenvalue weighted by molar-refractivity contribution is 7.89. The van der Waals surface area contributed by atoms with Crippen LogP contribution in [0.25, 0.3) is 0 Å². The van der Waals surface area contributed by atoms with Crippen LogP contribution in [0.3, 0.4) is 0 Å². The van der Waals surface area contributed by atoms with Gasteiger partial charge in [0.15, 0.2) is 0 Å². The Kier molecular flexibility index (Phi) is 6.06. The number of benzene rings is 2. The van der Waals surface area contributed by atoms with Crippen molar-refractivity contribution >= 4 is 21.7 Å². The fourth-order valence-electron chi connectivity index (χ4n) is 2.23. The van der Waals surface area contributed by atoms with Gasteiger partial charge in [0.1, 0.15) is 6.10 Å². The smallest absolute Gasteiger partial charge is 0.338 e. The lowest BCUT2D eigenvalue weighted by atomic mass is 10.1. The van der Waals surface area contributed by atoms with Gasteiger partial charge in [-0.25, -0.2) is 17.9 Å². The molecule has 1 N–H and O–H groups in total. The first-order valence-electron chi connectivity index (χ1n) is 7.79. The maximum atomic E-state index is 12.2. The molecule has 2 aromatic carbocycles. The lowest BCUT2D eigenvalue weighted by Gasteiger charge is -2.14. The number of rotatable bonds is 7. The molecule has 8 nitrogen and oxygen atoms in total. The number of sulfonamides is 1. The molecule has 0 fully saturated rings. The van der Waals surface area contributed by atoms with Gasteiger partial charge < -0.3 is 4.74 Å². The maximum Gasteiger partial charge on any atom is 0.338 e. The van der Waals surface area contributed by atoms with Gasteiger partial charge in [0, 0.05) is 18.7 Å². The summed E-state index contributed by atoms with van der Waals surface area (Å²) in [6.07, 6.45) is -0.701. The Bertz CT molecular complexity index is 909. The van der Waals surface area contributed by atoms with E-state index < -0.39 is 27.0 Å². The third-order valence-electron chi connectivity index (χ3n) is 3.57. The summed E-state index contributed by atoms with van der Waals surface area (Å²) in [5.41, 5.74) is 0.569. The van der Waals surface area contributed by atoms with Crippen LogP contribution >= 0.6 is 0 Å². The van der Waals surface area contributed by atoms with Crippen LogP contribution in [0.5, 0.6) is 0 Å². The molecule has 0 radical (unpaired) electrons. The van der Waals surface area contributed by atoms with Crippen molar-refractivity contribution in [1.82, 2.24) is 4.72 Å². The summed E-state index contributed by atoms with van der Waals surface area (Å²) in [5, 5.41) is 10.8. The van der Waals surface area contributed by atoms with E-state index in [-0.39, 0.29) is 22.7 Å². The van der Waals surface area contributed by atoms with E-state index in [2.05, 4.69) is 4.72 Å². The van der Waals surface area contributed by atoms with E-state index in [0.29, 0.717) is 5.56 Å². The molecule has 0 aliphatic heterocycles. The molecule has 1 atom stereocenters. The summed E-state index contributed by atoms with van der Waals surface area (Å²) < 4.78 is 31.4. The molecule has 1 unspecified atom stereocenters. The van der Waals surface area contributed by atoms with Crippen molar-refractivity contribution in [3.63, 3.8) is 0 Å². The second-order valence-corrected chi connectivity index (χ2v) is 7.19.